The molecule has 3 atom stereocenters. The maximum atomic E-state index is 12.7. The summed E-state index contributed by atoms with van der Waals surface area (Å²) >= 11 is 0. The second-order valence-electron chi connectivity index (χ2n) is 12.6. The monoisotopic (exact) mass is 651 g/mol. The third-order valence-corrected chi connectivity index (χ3v) is 9.15. The summed E-state index contributed by atoms with van der Waals surface area (Å²) in [7, 11) is 3.80. The highest BCUT2D eigenvalue weighted by atomic mass is 17.0. The lowest BCUT2D eigenvalue weighted by Crippen LogP contribution is -2.49. The van der Waals surface area contributed by atoms with Gasteiger partial charge in [-0.25, -0.2) is 5.01 Å². The Morgan fingerprint density at radius 2 is 1.85 bits per heavy atom. The number of benzene rings is 2. The zero-order valence-corrected chi connectivity index (χ0v) is 28.6. The van der Waals surface area contributed by atoms with E-state index in [0.29, 0.717) is 31.7 Å². The summed E-state index contributed by atoms with van der Waals surface area (Å²) in [6, 6.07) is 18.7. The number of unbranched alkanes of at least 4 members (excludes halogenated alkanes) is 3. The summed E-state index contributed by atoms with van der Waals surface area (Å²) in [4.78, 5) is 30.4. The van der Waals surface area contributed by atoms with Gasteiger partial charge in [0.25, 0.3) is 11.0 Å². The number of likely N-dealkylation sites (N-methyl/N-ethyl adjacent to an activating group) is 1. The third-order valence-electron chi connectivity index (χ3n) is 9.15. The number of hydrogen-bond acceptors (Lipinski definition) is 9. The molecular weight excluding hydrogens is 598 g/mol. The molecule has 258 valence electrons. The van der Waals surface area contributed by atoms with Crippen LogP contribution in [0.25, 0.3) is 0 Å². The molecule has 1 heterocycles. The second-order valence-corrected chi connectivity index (χ2v) is 12.6. The molecule has 11 heteroatoms. The van der Waals surface area contributed by atoms with E-state index in [0.717, 1.165) is 50.0 Å². The number of carbonyl (C=O) groups excluding carboxylic acids is 1. The fourth-order valence-corrected chi connectivity index (χ4v) is 6.25. The molecule has 2 aromatic rings. The zero-order valence-electron chi connectivity index (χ0n) is 28.6. The smallest absolute Gasteiger partial charge is 0.294 e. The maximum absolute atomic E-state index is 12.7. The van der Waals surface area contributed by atoms with E-state index in [4.69, 9.17) is 14.3 Å². The van der Waals surface area contributed by atoms with Gasteiger partial charge >= 0.3 is 0 Å². The van der Waals surface area contributed by atoms with Crippen LogP contribution in [0.15, 0.2) is 48.5 Å². The normalized spacial score (nSPS) is 15.7. The predicted molar refractivity (Wildman–Crippen MR) is 181 cm³/mol. The van der Waals surface area contributed by atoms with Crippen molar-refractivity contribution in [2.24, 2.45) is 11.8 Å². The van der Waals surface area contributed by atoms with Crippen molar-refractivity contribution in [3.8, 4) is 17.6 Å². The Hall–Kier alpha value is -3.88. The van der Waals surface area contributed by atoms with Crippen molar-refractivity contribution in [3.05, 3.63) is 69.8 Å². The minimum atomic E-state index is -0.744. The van der Waals surface area contributed by atoms with Gasteiger partial charge in [-0.15, -0.1) is 10.1 Å². The number of piperidine rings is 1. The quantitative estimate of drug-likeness (QED) is 0.0911. The number of rotatable bonds is 21. The third kappa shape index (κ3) is 13.4. The average Bonchev–Trinajstić information content (AvgIpc) is 3.07. The highest BCUT2D eigenvalue weighted by Crippen LogP contribution is 2.31. The molecule has 2 aromatic carbocycles. The SMILES string of the molecule is CCCCCCC(C#N)CCC(c1cccc(OCC(=O)NN2CCC(C(C)O[N+](=O)[O-])CC2)c1)N(C)CCc1cccc(OC)c1. The van der Waals surface area contributed by atoms with Gasteiger partial charge in [0, 0.05) is 31.6 Å². The molecule has 1 amide bonds. The van der Waals surface area contributed by atoms with Crippen molar-refractivity contribution < 1.29 is 24.2 Å². The summed E-state index contributed by atoms with van der Waals surface area (Å²) in [6.07, 6.45) is 8.99. The molecule has 1 saturated heterocycles. The molecule has 1 aliphatic heterocycles. The molecule has 0 radical (unpaired) electrons. The van der Waals surface area contributed by atoms with Crippen LogP contribution < -0.4 is 14.9 Å². The number of nitrogens with zero attached hydrogens (tertiary/aromatic N) is 4. The summed E-state index contributed by atoms with van der Waals surface area (Å²) in [5.41, 5.74) is 5.19. The van der Waals surface area contributed by atoms with Crippen LogP contribution in [0.1, 0.15) is 88.8 Å². The second kappa shape index (κ2) is 20.4. The van der Waals surface area contributed by atoms with Crippen molar-refractivity contribution >= 4 is 5.91 Å². The van der Waals surface area contributed by atoms with Crippen LogP contribution in [0, 0.1) is 33.3 Å². The number of methoxy groups -OCH3 is 1. The molecular formula is C36H53N5O6. The van der Waals surface area contributed by atoms with Crippen LogP contribution in [0.4, 0.5) is 0 Å². The largest absolute Gasteiger partial charge is 0.497 e. The topological polar surface area (TPSA) is 130 Å². The van der Waals surface area contributed by atoms with E-state index in [-0.39, 0.29) is 30.4 Å². The zero-order chi connectivity index (χ0) is 34.0. The Kier molecular flexibility index (Phi) is 16.3. The van der Waals surface area contributed by atoms with Crippen LogP contribution >= 0.6 is 0 Å². The van der Waals surface area contributed by atoms with Gasteiger partial charge < -0.3 is 14.3 Å². The number of nitrogens with one attached hydrogen (secondary N) is 1. The van der Waals surface area contributed by atoms with Crippen molar-refractivity contribution in [1.29, 1.82) is 5.26 Å². The first-order chi connectivity index (χ1) is 22.7. The average molecular weight is 652 g/mol. The fourth-order valence-electron chi connectivity index (χ4n) is 6.25. The van der Waals surface area contributed by atoms with Crippen LogP contribution in [0.2, 0.25) is 0 Å². The number of carbonyl (C=O) groups is 1. The van der Waals surface area contributed by atoms with Gasteiger partial charge in [-0.3, -0.25) is 15.1 Å². The molecule has 47 heavy (non-hydrogen) atoms. The van der Waals surface area contributed by atoms with E-state index in [1.807, 2.05) is 35.3 Å². The molecule has 3 rings (SSSR count). The molecule has 1 N–H and O–H groups in total. The number of amides is 1. The number of hydrazine groups is 1. The molecule has 1 aliphatic rings. The van der Waals surface area contributed by atoms with E-state index in [2.05, 4.69) is 48.6 Å². The minimum Gasteiger partial charge on any atom is -0.497 e. The van der Waals surface area contributed by atoms with Crippen molar-refractivity contribution in [2.45, 2.75) is 90.2 Å². The summed E-state index contributed by atoms with van der Waals surface area (Å²) in [5.74, 6) is 1.30. The van der Waals surface area contributed by atoms with Crippen LogP contribution in [0.3, 0.4) is 0 Å². The maximum Gasteiger partial charge on any atom is 0.294 e. The van der Waals surface area contributed by atoms with Gasteiger partial charge in [0.05, 0.1) is 13.2 Å². The molecule has 0 saturated carbocycles. The van der Waals surface area contributed by atoms with Gasteiger partial charge in [-0.05, 0) is 93.8 Å². The van der Waals surface area contributed by atoms with Crippen molar-refractivity contribution in [1.82, 2.24) is 15.3 Å². The Bertz CT molecular complexity index is 1280. The molecule has 0 aliphatic carbocycles. The van der Waals surface area contributed by atoms with Gasteiger partial charge in [-0.2, -0.15) is 5.26 Å². The van der Waals surface area contributed by atoms with Crippen molar-refractivity contribution in [3.63, 3.8) is 0 Å². The Labute approximate surface area is 280 Å². The molecule has 0 aromatic heterocycles. The van der Waals surface area contributed by atoms with E-state index >= 15 is 0 Å². The number of ether oxygens (including phenoxy) is 2. The van der Waals surface area contributed by atoms with Gasteiger partial charge in [0.1, 0.15) is 17.6 Å². The molecule has 0 spiro atoms. The van der Waals surface area contributed by atoms with Crippen molar-refractivity contribution in [2.75, 3.05) is 40.4 Å². The molecule has 11 nitrogen and oxygen atoms in total. The lowest BCUT2D eigenvalue weighted by atomic mass is 9.92. The molecule has 1 fully saturated rings. The first-order valence-electron chi connectivity index (χ1n) is 17.0. The van der Waals surface area contributed by atoms with E-state index in [1.165, 1.54) is 24.8 Å². The Morgan fingerprint density at radius 1 is 1.11 bits per heavy atom. The summed E-state index contributed by atoms with van der Waals surface area (Å²) in [6.45, 7) is 5.78. The first kappa shape index (κ1) is 37.6. The highest BCUT2D eigenvalue weighted by molar-refractivity contribution is 5.77. The Morgan fingerprint density at radius 3 is 2.55 bits per heavy atom. The van der Waals surface area contributed by atoms with E-state index in [9.17, 15) is 20.2 Å². The number of hydrogen-bond donors (Lipinski definition) is 1. The Balaban J connectivity index is 1.60. The van der Waals surface area contributed by atoms with Gasteiger partial charge in [0.2, 0.25) is 0 Å². The standard InChI is InChI=1S/C36H53N5O6/c1-5-6-7-8-11-30(26-37)16-17-35(39(3)21-18-29-12-9-14-33(24-29)45-4)32-13-10-15-34(25-32)46-27-36(42)38-40-22-19-31(20-23-40)28(2)47-41(43)44/h9-10,12-15,24-25,28,30-31,35H,5-8,11,16-23,27H2,1-4H3,(H,38,42). The number of nitriles is 1. The van der Waals surface area contributed by atoms with Gasteiger partial charge in [-0.1, -0.05) is 56.9 Å². The lowest BCUT2D eigenvalue weighted by molar-refractivity contribution is -0.769. The summed E-state index contributed by atoms with van der Waals surface area (Å²) in [5, 5.41) is 21.6. The summed E-state index contributed by atoms with van der Waals surface area (Å²) < 4.78 is 11.4. The van der Waals surface area contributed by atoms with Gasteiger partial charge in [0.15, 0.2) is 6.61 Å². The van der Waals surface area contributed by atoms with E-state index < -0.39 is 11.2 Å². The van der Waals surface area contributed by atoms with E-state index in [1.54, 1.807) is 14.0 Å². The molecule has 0 bridgehead atoms. The minimum absolute atomic E-state index is 0.0261. The predicted octanol–water partition coefficient (Wildman–Crippen LogP) is 6.52. The highest BCUT2D eigenvalue weighted by Gasteiger charge is 2.27. The first-order valence-corrected chi connectivity index (χ1v) is 17.0. The van der Waals surface area contributed by atoms with Crippen LogP contribution in [0.5, 0.6) is 11.5 Å². The fraction of sp³-hybridized carbons (Fsp3) is 0.611. The van der Waals surface area contributed by atoms with Crippen LogP contribution in [-0.4, -0.2) is 67.4 Å². The molecule has 3 unspecified atom stereocenters. The lowest BCUT2D eigenvalue weighted by Gasteiger charge is -2.33. The van der Waals surface area contributed by atoms with Crippen LogP contribution in [-0.2, 0) is 16.1 Å².